The van der Waals surface area contributed by atoms with Crippen molar-refractivity contribution in [3.8, 4) is 11.6 Å². The lowest BCUT2D eigenvalue weighted by Crippen LogP contribution is -2.11. The third-order valence-electron chi connectivity index (χ3n) is 5.09. The minimum Gasteiger partial charge on any atom is -0.489 e. The summed E-state index contributed by atoms with van der Waals surface area (Å²) >= 11 is 0. The molecular weight excluding hydrogens is 324 g/mol. The van der Waals surface area contributed by atoms with E-state index in [-0.39, 0.29) is 6.10 Å². The monoisotopic (exact) mass is 344 g/mol. The van der Waals surface area contributed by atoms with Gasteiger partial charge in [-0.15, -0.1) is 0 Å². The first-order valence-corrected chi connectivity index (χ1v) is 9.17. The van der Waals surface area contributed by atoms with Gasteiger partial charge in [0.1, 0.15) is 5.75 Å². The van der Waals surface area contributed by atoms with Crippen molar-refractivity contribution in [1.82, 2.24) is 19.7 Å². The highest BCUT2D eigenvalue weighted by Gasteiger charge is 2.23. The predicted octanol–water partition coefficient (Wildman–Crippen LogP) is 4.60. The molecule has 5 nitrogen and oxygen atoms in total. The fraction of sp³-hybridized carbons (Fsp3) is 0.286. The second-order valence-corrected chi connectivity index (χ2v) is 6.87. The van der Waals surface area contributed by atoms with Crippen molar-refractivity contribution in [1.29, 1.82) is 0 Å². The smallest absolute Gasteiger partial charge is 0.169 e. The highest BCUT2D eigenvalue weighted by molar-refractivity contribution is 6.01. The topological polar surface area (TPSA) is 52.8 Å². The standard InChI is InChI=1S/C21H20N4O/c1-14-19-20(26-15-8-2-3-9-15)16-10-4-5-11-17(16)23-21(19)25(24-14)18-12-6-7-13-22-18/h4-7,10-13,15H,2-3,8-9H2,1H3. The molecule has 26 heavy (non-hydrogen) atoms. The molecule has 1 aliphatic rings. The van der Waals surface area contributed by atoms with Crippen LogP contribution in [0, 0.1) is 6.92 Å². The average molecular weight is 344 g/mol. The summed E-state index contributed by atoms with van der Waals surface area (Å²) in [7, 11) is 0. The van der Waals surface area contributed by atoms with E-state index in [2.05, 4.69) is 11.1 Å². The zero-order valence-corrected chi connectivity index (χ0v) is 14.7. The number of aromatic nitrogens is 4. The molecule has 0 spiro atoms. The van der Waals surface area contributed by atoms with E-state index < -0.39 is 0 Å². The molecule has 130 valence electrons. The number of para-hydroxylation sites is 1. The van der Waals surface area contributed by atoms with Crippen molar-refractivity contribution in [3.63, 3.8) is 0 Å². The number of pyridine rings is 2. The number of hydrogen-bond acceptors (Lipinski definition) is 4. The number of nitrogens with zero attached hydrogens (tertiary/aromatic N) is 4. The second-order valence-electron chi connectivity index (χ2n) is 6.87. The van der Waals surface area contributed by atoms with Crippen LogP contribution in [0.1, 0.15) is 31.4 Å². The highest BCUT2D eigenvalue weighted by atomic mass is 16.5. The molecule has 1 saturated carbocycles. The molecule has 1 aliphatic carbocycles. The molecule has 0 amide bonds. The van der Waals surface area contributed by atoms with Crippen LogP contribution in [0.3, 0.4) is 0 Å². The maximum absolute atomic E-state index is 6.52. The number of ether oxygens (including phenoxy) is 1. The van der Waals surface area contributed by atoms with Crippen molar-refractivity contribution in [2.45, 2.75) is 38.7 Å². The zero-order valence-electron chi connectivity index (χ0n) is 14.7. The van der Waals surface area contributed by atoms with Gasteiger partial charge in [0.25, 0.3) is 0 Å². The highest BCUT2D eigenvalue weighted by Crippen LogP contribution is 2.37. The molecule has 4 aromatic rings. The lowest BCUT2D eigenvalue weighted by Gasteiger charge is -2.16. The minimum absolute atomic E-state index is 0.279. The van der Waals surface area contributed by atoms with Crippen LogP contribution in [0.2, 0.25) is 0 Å². The fourth-order valence-electron chi connectivity index (χ4n) is 3.83. The molecule has 0 aliphatic heterocycles. The van der Waals surface area contributed by atoms with Gasteiger partial charge in [0.2, 0.25) is 0 Å². The summed E-state index contributed by atoms with van der Waals surface area (Å²) in [5.41, 5.74) is 2.63. The Balaban J connectivity index is 1.80. The third-order valence-corrected chi connectivity index (χ3v) is 5.09. The molecule has 0 atom stereocenters. The van der Waals surface area contributed by atoms with Crippen LogP contribution in [-0.2, 0) is 0 Å². The van der Waals surface area contributed by atoms with Crippen molar-refractivity contribution >= 4 is 21.9 Å². The Morgan fingerprint density at radius 3 is 2.65 bits per heavy atom. The SMILES string of the molecule is Cc1nn(-c2ccccn2)c2nc3ccccc3c(OC3CCCC3)c12. The van der Waals surface area contributed by atoms with Crippen molar-refractivity contribution in [2.24, 2.45) is 0 Å². The zero-order chi connectivity index (χ0) is 17.5. The summed E-state index contributed by atoms with van der Waals surface area (Å²) in [6.07, 6.45) is 6.76. The summed E-state index contributed by atoms with van der Waals surface area (Å²) < 4.78 is 8.34. The van der Waals surface area contributed by atoms with Crippen LogP contribution in [0.15, 0.2) is 48.7 Å². The quantitative estimate of drug-likeness (QED) is 0.545. The third kappa shape index (κ3) is 2.43. The first kappa shape index (κ1) is 15.3. The number of aryl methyl sites for hydroxylation is 1. The molecular formula is C21H20N4O. The molecule has 0 bridgehead atoms. The van der Waals surface area contributed by atoms with Crippen LogP contribution < -0.4 is 4.74 Å². The Morgan fingerprint density at radius 1 is 1.04 bits per heavy atom. The maximum atomic E-state index is 6.52. The lowest BCUT2D eigenvalue weighted by molar-refractivity contribution is 0.215. The molecule has 3 aromatic heterocycles. The Morgan fingerprint density at radius 2 is 1.85 bits per heavy atom. The Labute approximate surface area is 151 Å². The predicted molar refractivity (Wildman–Crippen MR) is 102 cm³/mol. The van der Waals surface area contributed by atoms with Gasteiger partial charge < -0.3 is 4.74 Å². The molecule has 3 heterocycles. The van der Waals surface area contributed by atoms with Crippen molar-refractivity contribution in [2.75, 3.05) is 0 Å². The Kier molecular flexibility index (Phi) is 3.59. The van der Waals surface area contributed by atoms with E-state index in [1.54, 1.807) is 6.20 Å². The van der Waals surface area contributed by atoms with E-state index >= 15 is 0 Å². The number of hydrogen-bond donors (Lipinski definition) is 0. The van der Waals surface area contributed by atoms with Crippen LogP contribution in [-0.4, -0.2) is 25.9 Å². The molecule has 1 fully saturated rings. The van der Waals surface area contributed by atoms with Gasteiger partial charge in [-0.2, -0.15) is 9.78 Å². The molecule has 0 saturated heterocycles. The molecule has 0 radical (unpaired) electrons. The van der Waals surface area contributed by atoms with Gasteiger partial charge in [-0.1, -0.05) is 18.2 Å². The number of rotatable bonds is 3. The summed E-state index contributed by atoms with van der Waals surface area (Å²) in [5.74, 6) is 1.68. The van der Waals surface area contributed by atoms with E-state index in [1.807, 2.05) is 48.0 Å². The van der Waals surface area contributed by atoms with Crippen LogP contribution in [0.5, 0.6) is 5.75 Å². The number of fused-ring (bicyclic) bond motifs is 2. The van der Waals surface area contributed by atoms with E-state index in [4.69, 9.17) is 14.8 Å². The Bertz CT molecular complexity index is 1080. The van der Waals surface area contributed by atoms with Crippen LogP contribution in [0.4, 0.5) is 0 Å². The lowest BCUT2D eigenvalue weighted by atomic mass is 10.1. The molecule has 0 N–H and O–H groups in total. The molecule has 5 heteroatoms. The number of benzene rings is 1. The van der Waals surface area contributed by atoms with Crippen LogP contribution >= 0.6 is 0 Å². The van der Waals surface area contributed by atoms with Gasteiger partial charge in [0, 0.05) is 11.6 Å². The summed E-state index contributed by atoms with van der Waals surface area (Å²) in [6, 6.07) is 14.0. The van der Waals surface area contributed by atoms with Crippen molar-refractivity contribution in [3.05, 3.63) is 54.4 Å². The first-order valence-electron chi connectivity index (χ1n) is 9.17. The van der Waals surface area contributed by atoms with E-state index in [0.29, 0.717) is 0 Å². The normalized spacial score (nSPS) is 15.1. The van der Waals surface area contributed by atoms with Gasteiger partial charge in [0.05, 0.1) is 22.7 Å². The second kappa shape index (κ2) is 6.09. The summed E-state index contributed by atoms with van der Waals surface area (Å²) in [4.78, 5) is 9.34. The largest absolute Gasteiger partial charge is 0.489 e. The van der Waals surface area contributed by atoms with E-state index in [0.717, 1.165) is 52.0 Å². The first-order chi connectivity index (χ1) is 12.8. The summed E-state index contributed by atoms with van der Waals surface area (Å²) in [5, 5.41) is 6.77. The van der Waals surface area contributed by atoms with Gasteiger partial charge in [-0.3, -0.25) is 0 Å². The molecule has 1 aromatic carbocycles. The van der Waals surface area contributed by atoms with Gasteiger partial charge in [-0.25, -0.2) is 9.97 Å². The van der Waals surface area contributed by atoms with Crippen molar-refractivity contribution < 1.29 is 4.74 Å². The fourth-order valence-corrected chi connectivity index (χ4v) is 3.83. The van der Waals surface area contributed by atoms with Gasteiger partial charge in [-0.05, 0) is 56.9 Å². The van der Waals surface area contributed by atoms with E-state index in [9.17, 15) is 0 Å². The maximum Gasteiger partial charge on any atom is 0.169 e. The van der Waals surface area contributed by atoms with Gasteiger partial charge >= 0.3 is 0 Å². The average Bonchev–Trinajstić information content (AvgIpc) is 3.30. The molecule has 5 rings (SSSR count). The van der Waals surface area contributed by atoms with Gasteiger partial charge in [0.15, 0.2) is 11.5 Å². The van der Waals surface area contributed by atoms with Crippen LogP contribution in [0.25, 0.3) is 27.8 Å². The summed E-state index contributed by atoms with van der Waals surface area (Å²) in [6.45, 7) is 2.01. The Hall–Kier alpha value is -2.95. The minimum atomic E-state index is 0.279. The van der Waals surface area contributed by atoms with E-state index in [1.165, 1.54) is 12.8 Å². The molecule has 0 unspecified atom stereocenters.